The Morgan fingerprint density at radius 3 is 2.55 bits per heavy atom. The van der Waals surface area contributed by atoms with Crippen LogP contribution in [-0.2, 0) is 5.60 Å². The van der Waals surface area contributed by atoms with Gasteiger partial charge in [0.2, 0.25) is 0 Å². The molecule has 0 heterocycles. The second-order valence-electron chi connectivity index (χ2n) is 5.80. The molecule has 1 aliphatic rings. The molecule has 0 radical (unpaired) electrons. The van der Waals surface area contributed by atoms with Crippen molar-refractivity contribution in [1.82, 2.24) is 0 Å². The fraction of sp³-hybridized carbons (Fsp3) is 0.316. The number of hydrogen-bond donors (Lipinski definition) is 1. The van der Waals surface area contributed by atoms with Crippen LogP contribution < -0.4 is 4.74 Å². The van der Waals surface area contributed by atoms with Crippen LogP contribution in [-0.4, -0.2) is 17.5 Å². The molecule has 3 nitrogen and oxygen atoms in total. The summed E-state index contributed by atoms with van der Waals surface area (Å²) in [6.45, 7) is 0.621. The van der Waals surface area contributed by atoms with E-state index in [9.17, 15) is 9.90 Å². The van der Waals surface area contributed by atoms with Crippen LogP contribution in [0.15, 0.2) is 54.6 Å². The standard InChI is InChI=1S/C19H20O3/c20-18-14-19(21,17-11-5-4-10-16(17)18)12-6-7-13-22-15-8-2-1-3-9-15/h1-5,8-11,21H,6-7,12-14H2. The highest BCUT2D eigenvalue weighted by molar-refractivity contribution is 6.01. The SMILES string of the molecule is O=C1CC(O)(CCCCOc2ccccc2)c2ccccc21. The monoisotopic (exact) mass is 296 g/mol. The summed E-state index contributed by atoms with van der Waals surface area (Å²) in [7, 11) is 0. The van der Waals surface area contributed by atoms with Gasteiger partial charge in [-0.05, 0) is 37.0 Å². The predicted octanol–water partition coefficient (Wildman–Crippen LogP) is 3.71. The van der Waals surface area contributed by atoms with Crippen LogP contribution in [0.25, 0.3) is 0 Å². The van der Waals surface area contributed by atoms with Crippen molar-refractivity contribution in [2.24, 2.45) is 0 Å². The van der Waals surface area contributed by atoms with Gasteiger partial charge < -0.3 is 9.84 Å². The van der Waals surface area contributed by atoms with Gasteiger partial charge in [-0.25, -0.2) is 0 Å². The highest BCUT2D eigenvalue weighted by Crippen LogP contribution is 2.40. The number of carbonyl (C=O) groups is 1. The molecule has 2 aromatic carbocycles. The lowest BCUT2D eigenvalue weighted by Crippen LogP contribution is -2.22. The predicted molar refractivity (Wildman–Crippen MR) is 85.1 cm³/mol. The van der Waals surface area contributed by atoms with E-state index in [1.54, 1.807) is 6.07 Å². The van der Waals surface area contributed by atoms with Crippen LogP contribution in [0.4, 0.5) is 0 Å². The van der Waals surface area contributed by atoms with Crippen molar-refractivity contribution in [3.63, 3.8) is 0 Å². The average molecular weight is 296 g/mol. The highest BCUT2D eigenvalue weighted by atomic mass is 16.5. The first-order chi connectivity index (χ1) is 10.7. The Labute approximate surface area is 130 Å². The molecule has 1 aliphatic carbocycles. The minimum atomic E-state index is -1.000. The lowest BCUT2D eigenvalue weighted by atomic mass is 9.90. The van der Waals surface area contributed by atoms with Crippen molar-refractivity contribution in [1.29, 1.82) is 0 Å². The van der Waals surface area contributed by atoms with Gasteiger partial charge >= 0.3 is 0 Å². The summed E-state index contributed by atoms with van der Waals surface area (Å²) >= 11 is 0. The van der Waals surface area contributed by atoms with Crippen LogP contribution in [0.5, 0.6) is 5.75 Å². The zero-order chi connectivity index (χ0) is 15.4. The smallest absolute Gasteiger partial charge is 0.166 e. The number of fused-ring (bicyclic) bond motifs is 1. The van der Waals surface area contributed by atoms with E-state index in [0.29, 0.717) is 18.6 Å². The maximum Gasteiger partial charge on any atom is 0.166 e. The van der Waals surface area contributed by atoms with Crippen LogP contribution >= 0.6 is 0 Å². The number of rotatable bonds is 6. The van der Waals surface area contributed by atoms with Crippen LogP contribution in [0.1, 0.15) is 41.6 Å². The summed E-state index contributed by atoms with van der Waals surface area (Å²) in [5.41, 5.74) is 0.454. The van der Waals surface area contributed by atoms with Gasteiger partial charge in [-0.1, -0.05) is 42.5 Å². The van der Waals surface area contributed by atoms with Gasteiger partial charge in [-0.3, -0.25) is 4.79 Å². The van der Waals surface area contributed by atoms with E-state index < -0.39 is 5.60 Å². The number of unbranched alkanes of at least 4 members (excludes halogenated alkanes) is 1. The minimum Gasteiger partial charge on any atom is -0.494 e. The van der Waals surface area contributed by atoms with Crippen molar-refractivity contribution in [2.45, 2.75) is 31.3 Å². The molecule has 1 unspecified atom stereocenters. The quantitative estimate of drug-likeness (QED) is 0.827. The molecular weight excluding hydrogens is 276 g/mol. The molecule has 0 amide bonds. The largest absolute Gasteiger partial charge is 0.494 e. The van der Waals surface area contributed by atoms with Crippen molar-refractivity contribution in [3.05, 3.63) is 65.7 Å². The van der Waals surface area contributed by atoms with E-state index in [4.69, 9.17) is 4.74 Å². The van der Waals surface area contributed by atoms with Crippen LogP contribution in [0.3, 0.4) is 0 Å². The first-order valence-electron chi connectivity index (χ1n) is 7.72. The lowest BCUT2D eigenvalue weighted by molar-refractivity contribution is 0.0261. The van der Waals surface area contributed by atoms with E-state index in [1.807, 2.05) is 48.5 Å². The summed E-state index contributed by atoms with van der Waals surface area (Å²) in [4.78, 5) is 12.0. The van der Waals surface area contributed by atoms with Crippen molar-refractivity contribution in [2.75, 3.05) is 6.61 Å². The van der Waals surface area contributed by atoms with E-state index in [0.717, 1.165) is 24.2 Å². The second kappa shape index (κ2) is 6.32. The van der Waals surface area contributed by atoms with Crippen molar-refractivity contribution < 1.29 is 14.6 Å². The number of carbonyl (C=O) groups excluding carboxylic acids is 1. The normalized spacial score (nSPS) is 20.0. The summed E-state index contributed by atoms with van der Waals surface area (Å²) in [5, 5.41) is 10.8. The molecule has 2 aromatic rings. The Kier molecular flexibility index (Phi) is 4.25. The number of para-hydroxylation sites is 1. The number of ether oxygens (including phenoxy) is 1. The topological polar surface area (TPSA) is 46.5 Å². The molecule has 3 rings (SSSR count). The van der Waals surface area contributed by atoms with Crippen LogP contribution in [0.2, 0.25) is 0 Å². The summed E-state index contributed by atoms with van der Waals surface area (Å²) in [6, 6.07) is 17.1. The Balaban J connectivity index is 1.51. The number of aliphatic hydroxyl groups is 1. The molecule has 0 fully saturated rings. The maximum absolute atomic E-state index is 12.0. The second-order valence-corrected chi connectivity index (χ2v) is 5.80. The molecule has 1 atom stereocenters. The molecule has 3 heteroatoms. The molecule has 0 bridgehead atoms. The molecule has 0 saturated carbocycles. The van der Waals surface area contributed by atoms with E-state index >= 15 is 0 Å². The zero-order valence-electron chi connectivity index (χ0n) is 12.5. The van der Waals surface area contributed by atoms with E-state index in [1.165, 1.54) is 0 Å². The Hall–Kier alpha value is -2.13. The molecule has 0 aliphatic heterocycles. The Bertz CT molecular complexity index is 651. The van der Waals surface area contributed by atoms with Gasteiger partial charge in [0.15, 0.2) is 5.78 Å². The highest BCUT2D eigenvalue weighted by Gasteiger charge is 2.40. The maximum atomic E-state index is 12.0. The molecule has 0 aromatic heterocycles. The molecule has 22 heavy (non-hydrogen) atoms. The van der Waals surface area contributed by atoms with Gasteiger partial charge in [0.25, 0.3) is 0 Å². The van der Waals surface area contributed by atoms with Gasteiger partial charge in [0, 0.05) is 12.0 Å². The van der Waals surface area contributed by atoms with Gasteiger partial charge in [0.1, 0.15) is 5.75 Å². The third-order valence-electron chi connectivity index (χ3n) is 4.18. The molecule has 114 valence electrons. The van der Waals surface area contributed by atoms with Gasteiger partial charge in [-0.15, -0.1) is 0 Å². The zero-order valence-corrected chi connectivity index (χ0v) is 12.5. The molecule has 0 saturated heterocycles. The first-order valence-corrected chi connectivity index (χ1v) is 7.72. The summed E-state index contributed by atoms with van der Waals surface area (Å²) in [5.74, 6) is 0.904. The number of hydrogen-bond acceptors (Lipinski definition) is 3. The Morgan fingerprint density at radius 2 is 1.73 bits per heavy atom. The first kappa shape index (κ1) is 14.8. The van der Waals surface area contributed by atoms with Crippen LogP contribution in [0, 0.1) is 0 Å². The van der Waals surface area contributed by atoms with E-state index in [2.05, 4.69) is 0 Å². The fourth-order valence-corrected chi connectivity index (χ4v) is 3.04. The number of benzene rings is 2. The summed E-state index contributed by atoms with van der Waals surface area (Å²) in [6.07, 6.45) is 2.47. The summed E-state index contributed by atoms with van der Waals surface area (Å²) < 4.78 is 5.65. The van der Waals surface area contributed by atoms with E-state index in [-0.39, 0.29) is 12.2 Å². The Morgan fingerprint density at radius 1 is 1.00 bits per heavy atom. The third kappa shape index (κ3) is 3.04. The number of ketones is 1. The van der Waals surface area contributed by atoms with Gasteiger partial charge in [-0.2, -0.15) is 0 Å². The average Bonchev–Trinajstić information content (AvgIpc) is 2.80. The fourth-order valence-electron chi connectivity index (χ4n) is 3.04. The van der Waals surface area contributed by atoms with Gasteiger partial charge in [0.05, 0.1) is 12.2 Å². The molecule has 0 spiro atoms. The lowest BCUT2D eigenvalue weighted by Gasteiger charge is -2.23. The minimum absolute atomic E-state index is 0.0404. The molecular formula is C19H20O3. The molecule has 1 N–H and O–H groups in total. The number of Topliss-reactive ketones (excluding diaryl/α,β-unsaturated/α-hetero) is 1. The van der Waals surface area contributed by atoms with Crippen molar-refractivity contribution in [3.8, 4) is 5.75 Å². The van der Waals surface area contributed by atoms with Crippen molar-refractivity contribution >= 4 is 5.78 Å². The third-order valence-corrected chi connectivity index (χ3v) is 4.18.